The summed E-state index contributed by atoms with van der Waals surface area (Å²) in [6, 6.07) is 5.02. The molecule has 0 spiro atoms. The summed E-state index contributed by atoms with van der Waals surface area (Å²) in [5, 5.41) is 0. The smallest absolute Gasteiger partial charge is 0.0451 e. The lowest BCUT2D eigenvalue weighted by atomic mass is 9.91. The minimum absolute atomic E-state index is 0.720. The molecule has 0 aliphatic heterocycles. The molecule has 0 fully saturated rings. The normalized spacial score (nSPS) is 19.4. The number of aryl methyl sites for hydroxylation is 1. The number of rotatable bonds is 5. The third-order valence-corrected chi connectivity index (χ3v) is 3.70. The van der Waals surface area contributed by atoms with Crippen LogP contribution in [0, 0.1) is 0 Å². The second kappa shape index (κ2) is 6.15. The van der Waals surface area contributed by atoms with E-state index < -0.39 is 0 Å². The van der Waals surface area contributed by atoms with Crippen LogP contribution in [0.1, 0.15) is 44.4 Å². The molecule has 1 unspecified atom stereocenters. The van der Waals surface area contributed by atoms with Crippen LogP contribution in [0.15, 0.2) is 18.3 Å². The minimum Gasteiger partial charge on any atom is -0.300 e. The molecule has 1 heterocycles. The topological polar surface area (TPSA) is 16.1 Å². The fourth-order valence-corrected chi connectivity index (χ4v) is 2.89. The summed E-state index contributed by atoms with van der Waals surface area (Å²) in [6.45, 7) is 7.02. The van der Waals surface area contributed by atoms with Crippen LogP contribution in [0.5, 0.6) is 0 Å². The summed E-state index contributed by atoms with van der Waals surface area (Å²) in [5.74, 6) is 0. The Bertz CT molecular complexity index is 343. The first kappa shape index (κ1) is 12.6. The molecule has 17 heavy (non-hydrogen) atoms. The lowest BCUT2D eigenvalue weighted by molar-refractivity contribution is 0.178. The van der Waals surface area contributed by atoms with Gasteiger partial charge in [0.25, 0.3) is 0 Å². The summed E-state index contributed by atoms with van der Waals surface area (Å²) < 4.78 is 0. The highest BCUT2D eigenvalue weighted by Gasteiger charge is 2.23. The Labute approximate surface area is 105 Å². The largest absolute Gasteiger partial charge is 0.300 e. The highest BCUT2D eigenvalue weighted by molar-refractivity contribution is 5.23. The molecule has 0 aromatic carbocycles. The number of aromatic nitrogens is 1. The maximum Gasteiger partial charge on any atom is 0.0451 e. The zero-order chi connectivity index (χ0) is 12.1. The minimum atomic E-state index is 0.720. The number of pyridine rings is 1. The van der Waals surface area contributed by atoms with Crippen molar-refractivity contribution in [3.05, 3.63) is 29.6 Å². The second-order valence-corrected chi connectivity index (χ2v) is 5.04. The molecule has 0 saturated heterocycles. The summed E-state index contributed by atoms with van der Waals surface area (Å²) in [6.07, 6.45) is 8.11. The second-order valence-electron chi connectivity index (χ2n) is 5.04. The standard InChI is InChI=1S/C15H24N2/c1-3-10-17(11-4-2)14-8-7-13-6-5-9-16-15(13)12-14/h5-6,9,14H,3-4,7-8,10-12H2,1-2H3. The summed E-state index contributed by atoms with van der Waals surface area (Å²) >= 11 is 0. The van der Waals surface area contributed by atoms with Gasteiger partial charge in [0.2, 0.25) is 0 Å². The van der Waals surface area contributed by atoms with E-state index in [0.717, 1.165) is 12.5 Å². The van der Waals surface area contributed by atoms with Crippen LogP contribution < -0.4 is 0 Å². The third kappa shape index (κ3) is 3.06. The SMILES string of the molecule is CCCN(CCC)C1CCc2cccnc2C1. The number of hydrogen-bond donors (Lipinski definition) is 0. The lowest BCUT2D eigenvalue weighted by Gasteiger charge is -2.34. The van der Waals surface area contributed by atoms with Gasteiger partial charge in [0.15, 0.2) is 0 Å². The van der Waals surface area contributed by atoms with E-state index in [4.69, 9.17) is 0 Å². The molecule has 2 heteroatoms. The van der Waals surface area contributed by atoms with Crippen LogP contribution in [-0.4, -0.2) is 29.0 Å². The van der Waals surface area contributed by atoms with E-state index in [-0.39, 0.29) is 0 Å². The van der Waals surface area contributed by atoms with Crippen molar-refractivity contribution in [1.29, 1.82) is 0 Å². The van der Waals surface area contributed by atoms with Gasteiger partial charge in [0.1, 0.15) is 0 Å². The molecule has 0 saturated carbocycles. The first-order valence-corrected chi connectivity index (χ1v) is 7.02. The molecule has 0 radical (unpaired) electrons. The molecule has 0 N–H and O–H groups in total. The molecule has 1 aromatic rings. The quantitative estimate of drug-likeness (QED) is 0.775. The van der Waals surface area contributed by atoms with Gasteiger partial charge in [-0.2, -0.15) is 0 Å². The average Bonchev–Trinajstić information content (AvgIpc) is 2.38. The zero-order valence-corrected chi connectivity index (χ0v) is 11.2. The maximum atomic E-state index is 4.55. The number of fused-ring (bicyclic) bond motifs is 1. The van der Waals surface area contributed by atoms with Crippen LogP contribution in [0.4, 0.5) is 0 Å². The zero-order valence-electron chi connectivity index (χ0n) is 11.2. The van der Waals surface area contributed by atoms with E-state index in [9.17, 15) is 0 Å². The van der Waals surface area contributed by atoms with Gasteiger partial charge >= 0.3 is 0 Å². The molecule has 1 aromatic heterocycles. The first-order valence-electron chi connectivity index (χ1n) is 7.02. The molecule has 1 atom stereocenters. The van der Waals surface area contributed by atoms with Crippen molar-refractivity contribution in [2.24, 2.45) is 0 Å². The van der Waals surface area contributed by atoms with Crippen molar-refractivity contribution in [2.75, 3.05) is 13.1 Å². The van der Waals surface area contributed by atoms with E-state index in [2.05, 4.69) is 35.9 Å². The van der Waals surface area contributed by atoms with Crippen LogP contribution in [-0.2, 0) is 12.8 Å². The molecule has 2 nitrogen and oxygen atoms in total. The van der Waals surface area contributed by atoms with E-state index >= 15 is 0 Å². The Hall–Kier alpha value is -0.890. The average molecular weight is 232 g/mol. The molecule has 0 bridgehead atoms. The molecule has 94 valence electrons. The molecule has 2 rings (SSSR count). The number of hydrogen-bond acceptors (Lipinski definition) is 2. The van der Waals surface area contributed by atoms with Gasteiger partial charge in [-0.3, -0.25) is 4.98 Å². The Balaban J connectivity index is 2.04. The molecular weight excluding hydrogens is 208 g/mol. The van der Waals surface area contributed by atoms with E-state index in [0.29, 0.717) is 0 Å². The molecule has 1 aliphatic rings. The van der Waals surface area contributed by atoms with Crippen molar-refractivity contribution in [3.8, 4) is 0 Å². The van der Waals surface area contributed by atoms with Crippen LogP contribution in [0.3, 0.4) is 0 Å². The van der Waals surface area contributed by atoms with E-state index in [1.807, 2.05) is 6.20 Å². The Kier molecular flexibility index (Phi) is 4.55. The predicted molar refractivity (Wildman–Crippen MR) is 72.2 cm³/mol. The van der Waals surface area contributed by atoms with Crippen molar-refractivity contribution in [1.82, 2.24) is 9.88 Å². The van der Waals surface area contributed by atoms with Gasteiger partial charge in [0.05, 0.1) is 0 Å². The van der Waals surface area contributed by atoms with Gasteiger partial charge in [-0.15, -0.1) is 0 Å². The Morgan fingerprint density at radius 2 is 2.06 bits per heavy atom. The Morgan fingerprint density at radius 1 is 1.29 bits per heavy atom. The van der Waals surface area contributed by atoms with Gasteiger partial charge in [-0.1, -0.05) is 19.9 Å². The van der Waals surface area contributed by atoms with Gasteiger partial charge in [-0.25, -0.2) is 0 Å². The van der Waals surface area contributed by atoms with Gasteiger partial charge in [-0.05, 0) is 50.4 Å². The highest BCUT2D eigenvalue weighted by atomic mass is 15.1. The lowest BCUT2D eigenvalue weighted by Crippen LogP contribution is -2.40. The summed E-state index contributed by atoms with van der Waals surface area (Å²) in [5.41, 5.74) is 2.80. The van der Waals surface area contributed by atoms with Crippen molar-refractivity contribution in [3.63, 3.8) is 0 Å². The first-order chi connectivity index (χ1) is 8.35. The summed E-state index contributed by atoms with van der Waals surface area (Å²) in [4.78, 5) is 7.21. The van der Waals surface area contributed by atoms with Crippen molar-refractivity contribution >= 4 is 0 Å². The van der Waals surface area contributed by atoms with Gasteiger partial charge < -0.3 is 4.90 Å². The molecular formula is C15H24N2. The summed E-state index contributed by atoms with van der Waals surface area (Å²) in [7, 11) is 0. The monoisotopic (exact) mass is 232 g/mol. The number of nitrogens with zero attached hydrogens (tertiary/aromatic N) is 2. The highest BCUT2D eigenvalue weighted by Crippen LogP contribution is 2.23. The van der Waals surface area contributed by atoms with Crippen molar-refractivity contribution < 1.29 is 0 Å². The predicted octanol–water partition coefficient (Wildman–Crippen LogP) is 3.06. The third-order valence-electron chi connectivity index (χ3n) is 3.70. The fraction of sp³-hybridized carbons (Fsp3) is 0.667. The maximum absolute atomic E-state index is 4.55. The van der Waals surface area contributed by atoms with Crippen LogP contribution in [0.25, 0.3) is 0 Å². The van der Waals surface area contributed by atoms with E-state index in [1.54, 1.807) is 0 Å². The van der Waals surface area contributed by atoms with Crippen LogP contribution >= 0.6 is 0 Å². The van der Waals surface area contributed by atoms with Crippen LogP contribution in [0.2, 0.25) is 0 Å². The fourth-order valence-electron chi connectivity index (χ4n) is 2.89. The van der Waals surface area contributed by atoms with E-state index in [1.165, 1.54) is 50.0 Å². The van der Waals surface area contributed by atoms with Gasteiger partial charge in [0, 0.05) is 24.4 Å². The molecule has 1 aliphatic carbocycles. The van der Waals surface area contributed by atoms with Crippen molar-refractivity contribution in [2.45, 2.75) is 52.0 Å². The molecule has 0 amide bonds. The Morgan fingerprint density at radius 3 is 2.76 bits per heavy atom.